The number of carbonyl (C=O) groups excluding carboxylic acids is 1. The van der Waals surface area contributed by atoms with Crippen molar-refractivity contribution in [2.24, 2.45) is 0 Å². The molecule has 0 aliphatic carbocycles. The van der Waals surface area contributed by atoms with Gasteiger partial charge in [-0.3, -0.25) is 4.79 Å². The molecule has 0 radical (unpaired) electrons. The molecule has 0 amide bonds. The number of rotatable bonds is 7. The molecule has 0 aromatic heterocycles. The molecule has 5 heteroatoms. The first kappa shape index (κ1) is 13.1. The Balaban J connectivity index is 3.49. The average Bonchev–Trinajstić information content (AvgIpc) is 1.98. The summed E-state index contributed by atoms with van der Waals surface area (Å²) in [5, 5.41) is 0.824. The lowest BCUT2D eigenvalue weighted by atomic mass is 10.1. The summed E-state index contributed by atoms with van der Waals surface area (Å²) in [7, 11) is -2.90. The molecule has 0 saturated heterocycles. The van der Waals surface area contributed by atoms with Crippen molar-refractivity contribution in [3.63, 3.8) is 0 Å². The molecular weight excluding hydrogens is 256 g/mol. The van der Waals surface area contributed by atoms with Crippen LogP contribution in [0.15, 0.2) is 0 Å². The molecule has 0 bridgehead atoms. The molecule has 0 aromatic carbocycles. The summed E-state index contributed by atoms with van der Waals surface area (Å²) < 4.78 is 21.4. The number of halogens is 1. The van der Waals surface area contributed by atoms with E-state index < -0.39 is 9.84 Å². The van der Waals surface area contributed by atoms with Gasteiger partial charge in [0.2, 0.25) is 0 Å². The van der Waals surface area contributed by atoms with Crippen molar-refractivity contribution in [2.45, 2.75) is 25.7 Å². The number of carbonyl (C=O) groups is 1. The normalized spacial score (nSPS) is 11.5. The van der Waals surface area contributed by atoms with E-state index in [1.54, 1.807) is 0 Å². The van der Waals surface area contributed by atoms with Gasteiger partial charge in [0, 0.05) is 24.4 Å². The van der Waals surface area contributed by atoms with Crippen LogP contribution in [0.4, 0.5) is 0 Å². The van der Waals surface area contributed by atoms with Gasteiger partial charge in [0.05, 0.1) is 5.75 Å². The zero-order valence-electron chi connectivity index (χ0n) is 7.75. The lowest BCUT2D eigenvalue weighted by Crippen LogP contribution is -2.06. The van der Waals surface area contributed by atoms with E-state index in [-0.39, 0.29) is 11.5 Å². The van der Waals surface area contributed by atoms with E-state index in [0.29, 0.717) is 19.3 Å². The van der Waals surface area contributed by atoms with Gasteiger partial charge in [-0.2, -0.15) is 0 Å². The molecule has 0 rings (SSSR count). The maximum atomic E-state index is 11.1. The standard InChI is InChI=1S/C8H15BrO3S/c1-13(11,12)7-3-5-8(10)4-2-6-9/h2-7H2,1H3. The predicted octanol–water partition coefficient (Wildman–Crippen LogP) is 1.56. The highest BCUT2D eigenvalue weighted by atomic mass is 79.9. The number of hydrogen-bond acceptors (Lipinski definition) is 3. The average molecular weight is 271 g/mol. The van der Waals surface area contributed by atoms with E-state index in [9.17, 15) is 13.2 Å². The minimum absolute atomic E-state index is 0.118. The van der Waals surface area contributed by atoms with Crippen LogP contribution in [0, 0.1) is 0 Å². The number of sulfone groups is 1. The highest BCUT2D eigenvalue weighted by Crippen LogP contribution is 2.02. The fraction of sp³-hybridized carbons (Fsp3) is 0.875. The van der Waals surface area contributed by atoms with Crippen LogP contribution in [-0.2, 0) is 14.6 Å². The van der Waals surface area contributed by atoms with Crippen molar-refractivity contribution in [1.29, 1.82) is 0 Å². The molecule has 3 nitrogen and oxygen atoms in total. The van der Waals surface area contributed by atoms with Gasteiger partial charge < -0.3 is 0 Å². The van der Waals surface area contributed by atoms with Crippen LogP contribution >= 0.6 is 15.9 Å². The summed E-state index contributed by atoms with van der Waals surface area (Å²) in [6, 6.07) is 0. The van der Waals surface area contributed by atoms with Crippen LogP contribution in [0.1, 0.15) is 25.7 Å². The molecule has 0 heterocycles. The molecule has 0 aliphatic rings. The van der Waals surface area contributed by atoms with Gasteiger partial charge >= 0.3 is 0 Å². The Bertz CT molecular complexity index is 246. The van der Waals surface area contributed by atoms with Crippen LogP contribution in [0.25, 0.3) is 0 Å². The van der Waals surface area contributed by atoms with Crippen LogP contribution in [0.3, 0.4) is 0 Å². The molecule has 13 heavy (non-hydrogen) atoms. The molecule has 0 saturated carbocycles. The van der Waals surface area contributed by atoms with Crippen molar-refractivity contribution >= 4 is 31.6 Å². The summed E-state index contributed by atoms with van der Waals surface area (Å²) in [5.74, 6) is 0.274. The Morgan fingerprint density at radius 3 is 2.23 bits per heavy atom. The van der Waals surface area contributed by atoms with Crippen molar-refractivity contribution in [2.75, 3.05) is 17.3 Å². The molecule has 0 spiro atoms. The van der Waals surface area contributed by atoms with Gasteiger partial charge in [-0.1, -0.05) is 15.9 Å². The zero-order chi connectivity index (χ0) is 10.3. The highest BCUT2D eigenvalue weighted by Gasteiger charge is 2.05. The van der Waals surface area contributed by atoms with Gasteiger partial charge in [0.1, 0.15) is 15.6 Å². The lowest BCUT2D eigenvalue weighted by Gasteiger charge is -1.98. The smallest absolute Gasteiger partial charge is 0.147 e. The van der Waals surface area contributed by atoms with Gasteiger partial charge in [-0.05, 0) is 12.8 Å². The first-order chi connectivity index (χ1) is 5.95. The van der Waals surface area contributed by atoms with E-state index >= 15 is 0 Å². The fourth-order valence-corrected chi connectivity index (χ4v) is 1.87. The molecule has 0 atom stereocenters. The highest BCUT2D eigenvalue weighted by molar-refractivity contribution is 9.09. The molecule has 0 N–H and O–H groups in total. The Labute approximate surface area is 87.9 Å². The SMILES string of the molecule is CS(=O)(=O)CCCC(=O)CCCBr. The Kier molecular flexibility index (Phi) is 6.59. The summed E-state index contributed by atoms with van der Waals surface area (Å²) in [6.07, 6.45) is 3.42. The van der Waals surface area contributed by atoms with Gasteiger partial charge in [-0.15, -0.1) is 0 Å². The molecule has 0 aromatic rings. The summed E-state index contributed by atoms with van der Waals surface area (Å²) in [5.41, 5.74) is 0. The van der Waals surface area contributed by atoms with Crippen molar-refractivity contribution in [1.82, 2.24) is 0 Å². The van der Waals surface area contributed by atoms with Crippen LogP contribution in [0.2, 0.25) is 0 Å². The first-order valence-corrected chi connectivity index (χ1v) is 7.39. The molecule has 0 fully saturated rings. The van der Waals surface area contributed by atoms with Crippen molar-refractivity contribution in [3.05, 3.63) is 0 Å². The summed E-state index contributed by atoms with van der Waals surface area (Å²) in [6.45, 7) is 0. The third-order valence-electron chi connectivity index (χ3n) is 1.56. The van der Waals surface area contributed by atoms with E-state index in [0.717, 1.165) is 11.8 Å². The van der Waals surface area contributed by atoms with Crippen LogP contribution in [0.5, 0.6) is 0 Å². The van der Waals surface area contributed by atoms with Crippen molar-refractivity contribution < 1.29 is 13.2 Å². The van der Waals surface area contributed by atoms with E-state index in [1.165, 1.54) is 6.26 Å². The molecule has 78 valence electrons. The predicted molar refractivity (Wildman–Crippen MR) is 57.0 cm³/mol. The summed E-state index contributed by atoms with van der Waals surface area (Å²) in [4.78, 5) is 11.1. The van der Waals surface area contributed by atoms with Crippen LogP contribution < -0.4 is 0 Å². The number of alkyl halides is 1. The second kappa shape index (κ2) is 6.54. The monoisotopic (exact) mass is 270 g/mol. The van der Waals surface area contributed by atoms with Crippen molar-refractivity contribution in [3.8, 4) is 0 Å². The maximum absolute atomic E-state index is 11.1. The second-order valence-electron chi connectivity index (χ2n) is 3.06. The number of Topliss-reactive ketones (excluding diaryl/α,β-unsaturated/α-hetero) is 1. The third-order valence-corrected chi connectivity index (χ3v) is 3.15. The van der Waals surface area contributed by atoms with E-state index in [4.69, 9.17) is 0 Å². The Hall–Kier alpha value is 0.1000. The minimum Gasteiger partial charge on any atom is -0.300 e. The largest absolute Gasteiger partial charge is 0.300 e. The van der Waals surface area contributed by atoms with Gasteiger partial charge in [-0.25, -0.2) is 8.42 Å². The lowest BCUT2D eigenvalue weighted by molar-refractivity contribution is -0.119. The summed E-state index contributed by atoms with van der Waals surface area (Å²) >= 11 is 3.23. The molecule has 0 aliphatic heterocycles. The van der Waals surface area contributed by atoms with Gasteiger partial charge in [0.25, 0.3) is 0 Å². The minimum atomic E-state index is -2.90. The molecule has 0 unspecified atom stereocenters. The quantitative estimate of drug-likeness (QED) is 0.660. The topological polar surface area (TPSA) is 51.2 Å². The van der Waals surface area contributed by atoms with E-state index in [2.05, 4.69) is 15.9 Å². The number of ketones is 1. The number of hydrogen-bond donors (Lipinski definition) is 0. The van der Waals surface area contributed by atoms with Crippen LogP contribution in [-0.4, -0.2) is 31.5 Å². The third kappa shape index (κ3) is 10.0. The fourth-order valence-electron chi connectivity index (χ4n) is 0.921. The zero-order valence-corrected chi connectivity index (χ0v) is 10.2. The second-order valence-corrected chi connectivity index (χ2v) is 6.12. The first-order valence-electron chi connectivity index (χ1n) is 4.21. The maximum Gasteiger partial charge on any atom is 0.147 e. The molecular formula is C8H15BrO3S. The van der Waals surface area contributed by atoms with Gasteiger partial charge in [0.15, 0.2) is 0 Å². The Morgan fingerprint density at radius 1 is 1.23 bits per heavy atom. The van der Waals surface area contributed by atoms with E-state index in [1.807, 2.05) is 0 Å². The Morgan fingerprint density at radius 2 is 1.77 bits per heavy atom.